The standard InChI is InChI=1S/C17H19Br2NO/c1-11-4-6-13(14(18)8-11)16(20-2)10-12-5-7-17(21-3)15(19)9-12/h4-9,16,20H,10H2,1-3H3. The Hall–Kier alpha value is -0.840. The van der Waals surface area contributed by atoms with E-state index in [4.69, 9.17) is 4.74 Å². The van der Waals surface area contributed by atoms with Crippen molar-refractivity contribution in [3.8, 4) is 5.75 Å². The molecule has 2 rings (SSSR count). The third-order valence-electron chi connectivity index (χ3n) is 3.54. The molecule has 21 heavy (non-hydrogen) atoms. The van der Waals surface area contributed by atoms with Crippen molar-refractivity contribution in [1.82, 2.24) is 5.32 Å². The predicted molar refractivity (Wildman–Crippen MR) is 95.1 cm³/mol. The smallest absolute Gasteiger partial charge is 0.133 e. The number of hydrogen-bond acceptors (Lipinski definition) is 2. The highest BCUT2D eigenvalue weighted by molar-refractivity contribution is 9.10. The number of aryl methyl sites for hydroxylation is 1. The van der Waals surface area contributed by atoms with Crippen LogP contribution in [0.25, 0.3) is 0 Å². The van der Waals surface area contributed by atoms with Crippen molar-refractivity contribution in [2.75, 3.05) is 14.2 Å². The molecule has 1 atom stereocenters. The van der Waals surface area contributed by atoms with E-state index < -0.39 is 0 Å². The van der Waals surface area contributed by atoms with E-state index in [-0.39, 0.29) is 6.04 Å². The Morgan fingerprint density at radius 1 is 1.10 bits per heavy atom. The number of hydrogen-bond donors (Lipinski definition) is 1. The van der Waals surface area contributed by atoms with Crippen molar-refractivity contribution in [3.05, 3.63) is 62.0 Å². The van der Waals surface area contributed by atoms with Gasteiger partial charge in [0.1, 0.15) is 5.75 Å². The second-order valence-electron chi connectivity index (χ2n) is 5.04. The zero-order valence-corrected chi connectivity index (χ0v) is 15.6. The molecule has 0 aliphatic heterocycles. The van der Waals surface area contributed by atoms with Gasteiger partial charge in [-0.2, -0.15) is 0 Å². The third kappa shape index (κ3) is 4.09. The summed E-state index contributed by atoms with van der Waals surface area (Å²) in [5.41, 5.74) is 3.79. The summed E-state index contributed by atoms with van der Waals surface area (Å²) in [6.07, 6.45) is 0.917. The number of ether oxygens (including phenoxy) is 1. The largest absolute Gasteiger partial charge is 0.496 e. The molecule has 0 saturated carbocycles. The van der Waals surface area contributed by atoms with Gasteiger partial charge < -0.3 is 10.1 Å². The van der Waals surface area contributed by atoms with Crippen LogP contribution in [0.1, 0.15) is 22.7 Å². The topological polar surface area (TPSA) is 21.3 Å². The predicted octanol–water partition coefficient (Wildman–Crippen LogP) is 5.03. The van der Waals surface area contributed by atoms with Crippen LogP contribution in [-0.2, 0) is 6.42 Å². The zero-order chi connectivity index (χ0) is 15.4. The highest BCUT2D eigenvalue weighted by atomic mass is 79.9. The first-order chi connectivity index (χ1) is 10.0. The van der Waals surface area contributed by atoms with E-state index in [1.165, 1.54) is 16.7 Å². The van der Waals surface area contributed by atoms with E-state index in [2.05, 4.69) is 74.4 Å². The van der Waals surface area contributed by atoms with Crippen molar-refractivity contribution < 1.29 is 4.74 Å². The summed E-state index contributed by atoms with van der Waals surface area (Å²) in [5, 5.41) is 3.40. The highest BCUT2D eigenvalue weighted by Crippen LogP contribution is 2.30. The first kappa shape index (κ1) is 16.5. The summed E-state index contributed by atoms with van der Waals surface area (Å²) in [5.74, 6) is 0.858. The summed E-state index contributed by atoms with van der Waals surface area (Å²) in [6, 6.07) is 13.0. The molecule has 2 aromatic carbocycles. The Morgan fingerprint density at radius 2 is 1.86 bits per heavy atom. The van der Waals surface area contributed by atoms with Gasteiger partial charge >= 0.3 is 0 Å². The van der Waals surface area contributed by atoms with Gasteiger partial charge in [-0.1, -0.05) is 34.1 Å². The maximum atomic E-state index is 5.28. The molecule has 0 heterocycles. The minimum Gasteiger partial charge on any atom is -0.496 e. The maximum Gasteiger partial charge on any atom is 0.133 e. The van der Waals surface area contributed by atoms with Crippen LogP contribution in [-0.4, -0.2) is 14.2 Å². The number of halogens is 2. The number of methoxy groups -OCH3 is 1. The summed E-state index contributed by atoms with van der Waals surface area (Å²) in [4.78, 5) is 0. The second kappa shape index (κ2) is 7.43. The van der Waals surface area contributed by atoms with Crippen LogP contribution >= 0.6 is 31.9 Å². The fraction of sp³-hybridized carbons (Fsp3) is 0.294. The fourth-order valence-electron chi connectivity index (χ4n) is 2.35. The van der Waals surface area contributed by atoms with Crippen LogP contribution in [0.15, 0.2) is 45.3 Å². The third-order valence-corrected chi connectivity index (χ3v) is 4.84. The van der Waals surface area contributed by atoms with Crippen LogP contribution in [0.4, 0.5) is 0 Å². The normalized spacial score (nSPS) is 12.2. The van der Waals surface area contributed by atoms with Gasteiger partial charge in [0.25, 0.3) is 0 Å². The Morgan fingerprint density at radius 3 is 2.43 bits per heavy atom. The summed E-state index contributed by atoms with van der Waals surface area (Å²) in [6.45, 7) is 2.10. The van der Waals surface area contributed by atoms with E-state index in [1.807, 2.05) is 13.1 Å². The lowest BCUT2D eigenvalue weighted by Crippen LogP contribution is -2.19. The highest BCUT2D eigenvalue weighted by Gasteiger charge is 2.14. The molecular weight excluding hydrogens is 394 g/mol. The van der Waals surface area contributed by atoms with Gasteiger partial charge in [0.2, 0.25) is 0 Å². The summed E-state index contributed by atoms with van der Waals surface area (Å²) >= 11 is 7.21. The molecule has 1 N–H and O–H groups in total. The molecule has 2 nitrogen and oxygen atoms in total. The van der Waals surface area contributed by atoms with Crippen LogP contribution in [0.5, 0.6) is 5.75 Å². The molecule has 1 unspecified atom stereocenters. The van der Waals surface area contributed by atoms with Crippen LogP contribution in [0.2, 0.25) is 0 Å². The first-order valence-corrected chi connectivity index (χ1v) is 8.39. The average Bonchev–Trinajstić information content (AvgIpc) is 2.45. The minimum atomic E-state index is 0.264. The molecule has 0 aromatic heterocycles. The van der Waals surface area contributed by atoms with E-state index in [9.17, 15) is 0 Å². The lowest BCUT2D eigenvalue weighted by atomic mass is 9.98. The molecule has 0 bridgehead atoms. The molecule has 0 aliphatic rings. The summed E-state index contributed by atoms with van der Waals surface area (Å²) < 4.78 is 7.41. The molecule has 0 spiro atoms. The molecule has 0 amide bonds. The second-order valence-corrected chi connectivity index (χ2v) is 6.75. The van der Waals surface area contributed by atoms with Crippen molar-refractivity contribution in [2.24, 2.45) is 0 Å². The van der Waals surface area contributed by atoms with Gasteiger partial charge in [-0.05, 0) is 71.2 Å². The average molecular weight is 413 g/mol. The fourth-order valence-corrected chi connectivity index (χ4v) is 3.71. The monoisotopic (exact) mass is 411 g/mol. The zero-order valence-electron chi connectivity index (χ0n) is 12.4. The molecule has 0 fully saturated rings. The molecule has 4 heteroatoms. The maximum absolute atomic E-state index is 5.28. The van der Waals surface area contributed by atoms with Crippen molar-refractivity contribution >= 4 is 31.9 Å². The molecule has 112 valence electrons. The molecule has 0 aliphatic carbocycles. The Labute approximate surface area is 143 Å². The Kier molecular flexibility index (Phi) is 5.85. The Bertz CT molecular complexity index is 628. The first-order valence-electron chi connectivity index (χ1n) is 6.81. The quantitative estimate of drug-likeness (QED) is 0.743. The number of nitrogens with one attached hydrogen (secondary N) is 1. The molecule has 0 radical (unpaired) electrons. The SMILES string of the molecule is CNC(Cc1ccc(OC)c(Br)c1)c1ccc(C)cc1Br. The van der Waals surface area contributed by atoms with E-state index in [0.29, 0.717) is 0 Å². The van der Waals surface area contributed by atoms with Gasteiger partial charge in [0.15, 0.2) is 0 Å². The van der Waals surface area contributed by atoms with Crippen LogP contribution in [0.3, 0.4) is 0 Å². The molecule has 2 aromatic rings. The lowest BCUT2D eigenvalue weighted by molar-refractivity contribution is 0.412. The van der Waals surface area contributed by atoms with Gasteiger partial charge in [-0.3, -0.25) is 0 Å². The summed E-state index contributed by atoms with van der Waals surface area (Å²) in [7, 11) is 3.68. The number of benzene rings is 2. The molecule has 0 saturated heterocycles. The minimum absolute atomic E-state index is 0.264. The number of rotatable bonds is 5. The van der Waals surface area contributed by atoms with Crippen LogP contribution < -0.4 is 10.1 Å². The van der Waals surface area contributed by atoms with Crippen molar-refractivity contribution in [2.45, 2.75) is 19.4 Å². The van der Waals surface area contributed by atoms with Crippen LogP contribution in [0, 0.1) is 6.92 Å². The van der Waals surface area contributed by atoms with Gasteiger partial charge in [0, 0.05) is 10.5 Å². The van der Waals surface area contributed by atoms with E-state index in [1.54, 1.807) is 7.11 Å². The van der Waals surface area contributed by atoms with Crippen molar-refractivity contribution in [3.63, 3.8) is 0 Å². The van der Waals surface area contributed by atoms with Gasteiger partial charge in [-0.15, -0.1) is 0 Å². The Balaban J connectivity index is 2.24. The van der Waals surface area contributed by atoms with Gasteiger partial charge in [0.05, 0.1) is 11.6 Å². The van der Waals surface area contributed by atoms with E-state index >= 15 is 0 Å². The van der Waals surface area contributed by atoms with Gasteiger partial charge in [-0.25, -0.2) is 0 Å². The number of likely N-dealkylation sites (N-methyl/N-ethyl adjacent to an activating group) is 1. The van der Waals surface area contributed by atoms with Crippen molar-refractivity contribution in [1.29, 1.82) is 0 Å². The molecular formula is C17H19Br2NO. The lowest BCUT2D eigenvalue weighted by Gasteiger charge is -2.19. The van der Waals surface area contributed by atoms with E-state index in [0.717, 1.165) is 21.1 Å².